The van der Waals surface area contributed by atoms with E-state index in [0.717, 1.165) is 27.9 Å². The van der Waals surface area contributed by atoms with Crippen molar-refractivity contribution in [2.24, 2.45) is 4.99 Å². The van der Waals surface area contributed by atoms with Crippen molar-refractivity contribution < 1.29 is 4.74 Å². The first-order valence-corrected chi connectivity index (χ1v) is 8.21. The number of aliphatic imine (C=N–C) groups is 1. The lowest BCUT2D eigenvalue weighted by molar-refractivity contribution is 0.398. The Bertz CT molecular complexity index is 757. The number of benzene rings is 1. The fourth-order valence-electron chi connectivity index (χ4n) is 2.43. The third-order valence-electron chi connectivity index (χ3n) is 3.34. The van der Waals surface area contributed by atoms with Gasteiger partial charge in [0.15, 0.2) is 11.4 Å². The second kappa shape index (κ2) is 7.65. The van der Waals surface area contributed by atoms with Crippen LogP contribution in [0.15, 0.2) is 35.5 Å². The maximum absolute atomic E-state index is 8.72. The molecule has 0 aliphatic carbocycles. The zero-order valence-electron chi connectivity index (χ0n) is 13.5. The minimum absolute atomic E-state index is 0.574. The molecule has 0 aliphatic rings. The van der Waals surface area contributed by atoms with Gasteiger partial charge in [-0.15, -0.1) is 0 Å². The van der Waals surface area contributed by atoms with Gasteiger partial charge in [-0.1, -0.05) is 11.8 Å². The third-order valence-corrected chi connectivity index (χ3v) is 3.92. The summed E-state index contributed by atoms with van der Waals surface area (Å²) < 4.78 is 5.20. The van der Waals surface area contributed by atoms with Crippen molar-refractivity contribution >= 4 is 22.6 Å². The second-order valence-electron chi connectivity index (χ2n) is 4.90. The van der Waals surface area contributed by atoms with Crippen molar-refractivity contribution in [3.05, 3.63) is 41.6 Å². The van der Waals surface area contributed by atoms with Gasteiger partial charge in [-0.05, 0) is 60.6 Å². The molecule has 1 heterocycles. The molecule has 0 saturated heterocycles. The van der Waals surface area contributed by atoms with Gasteiger partial charge in [0.05, 0.1) is 12.8 Å². The SMILES string of the molecule is COc1cc(-c2c(C)cc(N=C(NC#N)SC)cc2C)ccn1. The van der Waals surface area contributed by atoms with E-state index < -0.39 is 0 Å². The van der Waals surface area contributed by atoms with E-state index >= 15 is 0 Å². The molecule has 118 valence electrons. The average molecular weight is 326 g/mol. The Morgan fingerprint density at radius 3 is 2.57 bits per heavy atom. The van der Waals surface area contributed by atoms with Crippen LogP contribution in [0.2, 0.25) is 0 Å². The molecular formula is C17H18N4OS. The molecule has 0 amide bonds. The summed E-state index contributed by atoms with van der Waals surface area (Å²) >= 11 is 1.40. The molecule has 0 unspecified atom stereocenters. The van der Waals surface area contributed by atoms with E-state index in [1.54, 1.807) is 13.3 Å². The number of nitrogens with one attached hydrogen (secondary N) is 1. The van der Waals surface area contributed by atoms with Crippen molar-refractivity contribution in [3.63, 3.8) is 0 Å². The number of aryl methyl sites for hydroxylation is 2. The predicted molar refractivity (Wildman–Crippen MR) is 95.1 cm³/mol. The van der Waals surface area contributed by atoms with Crippen molar-refractivity contribution in [2.75, 3.05) is 13.4 Å². The number of nitriles is 1. The van der Waals surface area contributed by atoms with Gasteiger partial charge in [-0.25, -0.2) is 9.98 Å². The maximum atomic E-state index is 8.72. The van der Waals surface area contributed by atoms with Gasteiger partial charge in [0, 0.05) is 12.3 Å². The highest BCUT2D eigenvalue weighted by molar-refractivity contribution is 8.13. The molecule has 0 atom stereocenters. The van der Waals surface area contributed by atoms with Crippen molar-refractivity contribution in [1.29, 1.82) is 5.26 Å². The molecule has 0 radical (unpaired) electrons. The molecular weight excluding hydrogens is 308 g/mol. The fraction of sp³-hybridized carbons (Fsp3) is 0.235. The van der Waals surface area contributed by atoms with E-state index in [1.807, 2.05) is 50.6 Å². The van der Waals surface area contributed by atoms with Gasteiger partial charge in [0.2, 0.25) is 5.88 Å². The highest BCUT2D eigenvalue weighted by Crippen LogP contribution is 2.32. The first-order chi connectivity index (χ1) is 11.1. The van der Waals surface area contributed by atoms with E-state index in [0.29, 0.717) is 11.0 Å². The van der Waals surface area contributed by atoms with Gasteiger partial charge in [0.1, 0.15) is 0 Å². The number of ether oxygens (including phenoxy) is 1. The summed E-state index contributed by atoms with van der Waals surface area (Å²) in [5.41, 5.74) is 5.23. The molecule has 0 bridgehead atoms. The zero-order valence-corrected chi connectivity index (χ0v) is 14.4. The number of aromatic nitrogens is 1. The molecule has 5 nitrogen and oxygen atoms in total. The van der Waals surface area contributed by atoms with Gasteiger partial charge < -0.3 is 4.74 Å². The Hall–Kier alpha value is -2.52. The average Bonchev–Trinajstić information content (AvgIpc) is 2.54. The lowest BCUT2D eigenvalue weighted by atomic mass is 9.96. The molecule has 2 aromatic rings. The van der Waals surface area contributed by atoms with Gasteiger partial charge in [-0.2, -0.15) is 5.26 Å². The minimum Gasteiger partial charge on any atom is -0.481 e. The second-order valence-corrected chi connectivity index (χ2v) is 5.69. The van der Waals surface area contributed by atoms with Crippen LogP contribution in [-0.4, -0.2) is 23.5 Å². The summed E-state index contributed by atoms with van der Waals surface area (Å²) in [6.45, 7) is 4.09. The molecule has 0 spiro atoms. The fourth-order valence-corrected chi connectivity index (χ4v) is 2.77. The van der Waals surface area contributed by atoms with Crippen LogP contribution >= 0.6 is 11.8 Å². The van der Waals surface area contributed by atoms with Gasteiger partial charge >= 0.3 is 0 Å². The highest BCUT2D eigenvalue weighted by Gasteiger charge is 2.09. The number of nitrogens with zero attached hydrogens (tertiary/aromatic N) is 3. The summed E-state index contributed by atoms with van der Waals surface area (Å²) in [5, 5.41) is 11.9. The molecule has 1 aromatic carbocycles. The molecule has 0 saturated carbocycles. The number of pyridine rings is 1. The summed E-state index contributed by atoms with van der Waals surface area (Å²) in [7, 11) is 1.61. The van der Waals surface area contributed by atoms with E-state index in [1.165, 1.54) is 11.8 Å². The van der Waals surface area contributed by atoms with Crippen LogP contribution in [0.3, 0.4) is 0 Å². The summed E-state index contributed by atoms with van der Waals surface area (Å²) in [5.74, 6) is 0.589. The standard InChI is InChI=1S/C17H18N4OS/c1-11-7-14(21-17(23-4)20-10-18)8-12(2)16(11)13-5-6-19-15(9-13)22-3/h5-9H,1-4H3,(H,20,21). The number of amidine groups is 1. The number of thioether (sulfide) groups is 1. The number of methoxy groups -OCH3 is 1. The molecule has 23 heavy (non-hydrogen) atoms. The van der Waals surface area contributed by atoms with Crippen LogP contribution in [0, 0.1) is 25.3 Å². The Morgan fingerprint density at radius 1 is 1.30 bits per heavy atom. The number of hydrogen-bond acceptors (Lipinski definition) is 5. The molecule has 6 heteroatoms. The first-order valence-electron chi connectivity index (χ1n) is 6.98. The van der Waals surface area contributed by atoms with Crippen LogP contribution < -0.4 is 10.1 Å². The van der Waals surface area contributed by atoms with E-state index in [4.69, 9.17) is 10.00 Å². The summed E-state index contributed by atoms with van der Waals surface area (Å²) in [6, 6.07) is 7.89. The van der Waals surface area contributed by atoms with Crippen LogP contribution in [0.4, 0.5) is 5.69 Å². The Balaban J connectivity index is 2.47. The highest BCUT2D eigenvalue weighted by atomic mass is 32.2. The Morgan fingerprint density at radius 2 is 2.00 bits per heavy atom. The number of hydrogen-bond donors (Lipinski definition) is 1. The van der Waals surface area contributed by atoms with Crippen LogP contribution in [0.5, 0.6) is 5.88 Å². The molecule has 1 aromatic heterocycles. The topological polar surface area (TPSA) is 70.3 Å². The van der Waals surface area contributed by atoms with Gasteiger partial charge in [0.25, 0.3) is 0 Å². The first kappa shape index (κ1) is 16.8. The van der Waals surface area contributed by atoms with Crippen molar-refractivity contribution in [2.45, 2.75) is 13.8 Å². The third kappa shape index (κ3) is 4.02. The maximum Gasteiger partial charge on any atom is 0.213 e. The quantitative estimate of drug-likeness (QED) is 0.402. The van der Waals surface area contributed by atoms with Crippen LogP contribution in [-0.2, 0) is 0 Å². The minimum atomic E-state index is 0.574. The smallest absolute Gasteiger partial charge is 0.213 e. The van der Waals surface area contributed by atoms with Gasteiger partial charge in [-0.3, -0.25) is 5.32 Å². The lowest BCUT2D eigenvalue weighted by Gasteiger charge is -2.12. The van der Waals surface area contributed by atoms with Crippen LogP contribution in [0.1, 0.15) is 11.1 Å². The van der Waals surface area contributed by atoms with E-state index in [9.17, 15) is 0 Å². The Kier molecular flexibility index (Phi) is 5.61. The molecule has 1 N–H and O–H groups in total. The predicted octanol–water partition coefficient (Wildman–Crippen LogP) is 3.80. The van der Waals surface area contributed by atoms with Crippen molar-refractivity contribution in [1.82, 2.24) is 10.3 Å². The largest absolute Gasteiger partial charge is 0.481 e. The molecule has 0 aliphatic heterocycles. The Labute approximate surface area is 140 Å². The van der Waals surface area contributed by atoms with Crippen LogP contribution in [0.25, 0.3) is 11.1 Å². The molecule has 2 rings (SSSR count). The number of rotatable bonds is 3. The normalized spacial score (nSPS) is 11.0. The lowest BCUT2D eigenvalue weighted by Crippen LogP contribution is -2.12. The van der Waals surface area contributed by atoms with Crippen molar-refractivity contribution in [3.8, 4) is 23.2 Å². The summed E-state index contributed by atoms with van der Waals surface area (Å²) in [6.07, 6.45) is 5.51. The monoisotopic (exact) mass is 326 g/mol. The zero-order chi connectivity index (χ0) is 16.8. The summed E-state index contributed by atoms with van der Waals surface area (Å²) in [4.78, 5) is 8.61. The molecule has 0 fully saturated rings. The van der Waals surface area contributed by atoms with E-state index in [2.05, 4.69) is 15.3 Å². The van der Waals surface area contributed by atoms with E-state index in [-0.39, 0.29) is 0 Å².